The van der Waals surface area contributed by atoms with E-state index < -0.39 is 0 Å². The molecule has 2 N–H and O–H groups in total. The number of aliphatic imine (C=N–C) groups is 1. The van der Waals surface area contributed by atoms with Crippen molar-refractivity contribution in [2.45, 2.75) is 39.3 Å². The van der Waals surface area contributed by atoms with Gasteiger partial charge in [0.25, 0.3) is 0 Å². The molecule has 0 aliphatic carbocycles. The standard InChI is InChI=1S/C22H36N6O/c1-4-23-22(24-16-18(2)27-14-12-26(3)13-15-27)25-17-19-7-9-20(10-8-19)28-11-5-6-21(28)29/h7-10,18H,4-6,11-17H2,1-3H3,(H2,23,24,25). The van der Waals surface area contributed by atoms with Crippen molar-refractivity contribution in [1.29, 1.82) is 0 Å². The van der Waals surface area contributed by atoms with Crippen molar-refractivity contribution in [1.82, 2.24) is 20.4 Å². The lowest BCUT2D eigenvalue weighted by molar-refractivity contribution is -0.117. The van der Waals surface area contributed by atoms with Gasteiger partial charge in [-0.05, 0) is 45.0 Å². The van der Waals surface area contributed by atoms with Gasteiger partial charge in [-0.25, -0.2) is 4.99 Å². The first-order valence-corrected chi connectivity index (χ1v) is 10.9. The highest BCUT2D eigenvalue weighted by molar-refractivity contribution is 5.95. The minimum atomic E-state index is 0.226. The number of likely N-dealkylation sites (N-methyl/N-ethyl adjacent to an activating group) is 1. The number of guanidine groups is 1. The number of hydrogen-bond acceptors (Lipinski definition) is 4. The molecule has 0 spiro atoms. The summed E-state index contributed by atoms with van der Waals surface area (Å²) in [6.07, 6.45) is 1.62. The predicted octanol–water partition coefficient (Wildman–Crippen LogP) is 1.50. The minimum absolute atomic E-state index is 0.226. The molecule has 0 aromatic heterocycles. The molecule has 0 saturated carbocycles. The first-order chi connectivity index (χ1) is 14.1. The van der Waals surface area contributed by atoms with Gasteiger partial charge in [-0.1, -0.05) is 12.1 Å². The van der Waals surface area contributed by atoms with Gasteiger partial charge >= 0.3 is 0 Å². The van der Waals surface area contributed by atoms with E-state index in [0.717, 1.165) is 69.4 Å². The molecule has 2 fully saturated rings. The monoisotopic (exact) mass is 400 g/mol. The van der Waals surface area contributed by atoms with Crippen molar-refractivity contribution in [3.8, 4) is 0 Å². The second-order valence-electron chi connectivity index (χ2n) is 8.08. The SMILES string of the molecule is CCNC(=NCc1ccc(N2CCCC2=O)cc1)NCC(C)N1CCN(C)CC1. The quantitative estimate of drug-likeness (QED) is 0.537. The molecule has 29 heavy (non-hydrogen) atoms. The first kappa shape index (κ1) is 21.6. The maximum Gasteiger partial charge on any atom is 0.227 e. The number of nitrogens with zero attached hydrogens (tertiary/aromatic N) is 4. The van der Waals surface area contributed by atoms with Crippen LogP contribution in [-0.2, 0) is 11.3 Å². The second kappa shape index (κ2) is 10.6. The molecule has 0 radical (unpaired) electrons. The van der Waals surface area contributed by atoms with Crippen molar-refractivity contribution in [3.63, 3.8) is 0 Å². The average Bonchev–Trinajstić information content (AvgIpc) is 3.16. The summed E-state index contributed by atoms with van der Waals surface area (Å²) >= 11 is 0. The Morgan fingerprint density at radius 2 is 1.83 bits per heavy atom. The van der Waals surface area contributed by atoms with Crippen LogP contribution in [0.4, 0.5) is 5.69 Å². The molecular formula is C22H36N6O. The van der Waals surface area contributed by atoms with Crippen LogP contribution < -0.4 is 15.5 Å². The highest BCUT2D eigenvalue weighted by Crippen LogP contribution is 2.21. The van der Waals surface area contributed by atoms with Crippen LogP contribution in [0.3, 0.4) is 0 Å². The maximum atomic E-state index is 11.9. The Labute approximate surface area is 175 Å². The molecule has 2 aliphatic rings. The number of nitrogens with one attached hydrogen (secondary N) is 2. The van der Waals surface area contributed by atoms with Crippen LogP contribution in [-0.4, -0.2) is 80.6 Å². The summed E-state index contributed by atoms with van der Waals surface area (Å²) in [7, 11) is 2.19. The van der Waals surface area contributed by atoms with E-state index >= 15 is 0 Å². The fourth-order valence-electron chi connectivity index (χ4n) is 3.85. The average molecular weight is 401 g/mol. The molecular weight excluding hydrogens is 364 g/mol. The minimum Gasteiger partial charge on any atom is -0.357 e. The third-order valence-corrected chi connectivity index (χ3v) is 5.81. The fourth-order valence-corrected chi connectivity index (χ4v) is 3.85. The van der Waals surface area contributed by atoms with Gasteiger partial charge in [0.15, 0.2) is 5.96 Å². The van der Waals surface area contributed by atoms with Gasteiger partial charge in [0.1, 0.15) is 0 Å². The zero-order chi connectivity index (χ0) is 20.6. The van der Waals surface area contributed by atoms with Gasteiger partial charge in [-0.3, -0.25) is 9.69 Å². The summed E-state index contributed by atoms with van der Waals surface area (Å²) in [4.78, 5) is 23.4. The van der Waals surface area contributed by atoms with Crippen LogP contribution in [0.2, 0.25) is 0 Å². The van der Waals surface area contributed by atoms with E-state index in [1.54, 1.807) is 0 Å². The highest BCUT2D eigenvalue weighted by Gasteiger charge is 2.21. The Morgan fingerprint density at radius 3 is 2.45 bits per heavy atom. The molecule has 2 heterocycles. The molecule has 1 aromatic rings. The largest absolute Gasteiger partial charge is 0.357 e. The first-order valence-electron chi connectivity index (χ1n) is 10.9. The Hall–Kier alpha value is -2.12. The summed E-state index contributed by atoms with van der Waals surface area (Å²) in [6, 6.07) is 8.68. The number of carbonyl (C=O) groups excluding carboxylic acids is 1. The lowest BCUT2D eigenvalue weighted by Crippen LogP contribution is -2.52. The van der Waals surface area contributed by atoms with Crippen LogP contribution in [0.1, 0.15) is 32.3 Å². The maximum absolute atomic E-state index is 11.9. The van der Waals surface area contributed by atoms with E-state index in [4.69, 9.17) is 4.99 Å². The molecule has 2 saturated heterocycles. The highest BCUT2D eigenvalue weighted by atomic mass is 16.2. The molecule has 1 aromatic carbocycles. The number of benzene rings is 1. The van der Waals surface area contributed by atoms with Crippen LogP contribution in [0.25, 0.3) is 0 Å². The van der Waals surface area contributed by atoms with Crippen LogP contribution in [0, 0.1) is 0 Å². The molecule has 7 heteroatoms. The lowest BCUT2D eigenvalue weighted by atomic mass is 10.2. The van der Waals surface area contributed by atoms with Gasteiger partial charge in [0, 0.05) is 64.0 Å². The topological polar surface area (TPSA) is 63.2 Å². The van der Waals surface area contributed by atoms with Crippen LogP contribution >= 0.6 is 0 Å². The van der Waals surface area contributed by atoms with Gasteiger partial charge in [0.05, 0.1) is 6.54 Å². The normalized spacial score (nSPS) is 20.2. The van der Waals surface area contributed by atoms with Crippen molar-refractivity contribution in [2.24, 2.45) is 4.99 Å². The van der Waals surface area contributed by atoms with Gasteiger partial charge < -0.3 is 20.4 Å². The van der Waals surface area contributed by atoms with E-state index in [9.17, 15) is 4.79 Å². The number of hydrogen-bond donors (Lipinski definition) is 2. The smallest absolute Gasteiger partial charge is 0.227 e. The summed E-state index contributed by atoms with van der Waals surface area (Å²) in [5.74, 6) is 1.08. The molecule has 1 unspecified atom stereocenters. The van der Waals surface area contributed by atoms with E-state index in [1.807, 2.05) is 17.0 Å². The number of piperazine rings is 1. The van der Waals surface area contributed by atoms with E-state index in [1.165, 1.54) is 0 Å². The zero-order valence-corrected chi connectivity index (χ0v) is 18.2. The Kier molecular flexibility index (Phi) is 7.89. The lowest BCUT2D eigenvalue weighted by Gasteiger charge is -2.36. The number of rotatable bonds is 7. The third-order valence-electron chi connectivity index (χ3n) is 5.81. The van der Waals surface area contributed by atoms with E-state index in [2.05, 4.69) is 53.5 Å². The van der Waals surface area contributed by atoms with Gasteiger partial charge in [0.2, 0.25) is 5.91 Å². The van der Waals surface area contributed by atoms with Crippen molar-refractivity contribution in [2.75, 3.05) is 57.8 Å². The van der Waals surface area contributed by atoms with E-state index in [0.29, 0.717) is 19.0 Å². The number of carbonyl (C=O) groups is 1. The third kappa shape index (κ3) is 6.18. The van der Waals surface area contributed by atoms with Crippen LogP contribution in [0.15, 0.2) is 29.3 Å². The summed E-state index contributed by atoms with van der Waals surface area (Å²) in [6.45, 7) is 12.1. The molecule has 3 rings (SSSR count). The van der Waals surface area contributed by atoms with Gasteiger partial charge in [-0.15, -0.1) is 0 Å². The van der Waals surface area contributed by atoms with E-state index in [-0.39, 0.29) is 5.91 Å². The summed E-state index contributed by atoms with van der Waals surface area (Å²) in [5, 5.41) is 6.83. The molecule has 0 bridgehead atoms. The Balaban J connectivity index is 1.51. The van der Waals surface area contributed by atoms with Crippen molar-refractivity contribution < 1.29 is 4.79 Å². The zero-order valence-electron chi connectivity index (χ0n) is 18.2. The molecule has 160 valence electrons. The fraction of sp³-hybridized carbons (Fsp3) is 0.636. The number of amides is 1. The molecule has 2 aliphatic heterocycles. The van der Waals surface area contributed by atoms with Crippen molar-refractivity contribution >= 4 is 17.6 Å². The predicted molar refractivity (Wildman–Crippen MR) is 119 cm³/mol. The Morgan fingerprint density at radius 1 is 1.10 bits per heavy atom. The van der Waals surface area contributed by atoms with Gasteiger partial charge in [-0.2, -0.15) is 0 Å². The number of anilines is 1. The Bertz CT molecular complexity index is 681. The van der Waals surface area contributed by atoms with Crippen LogP contribution in [0.5, 0.6) is 0 Å². The van der Waals surface area contributed by atoms with Crippen molar-refractivity contribution in [3.05, 3.63) is 29.8 Å². The molecule has 7 nitrogen and oxygen atoms in total. The summed E-state index contributed by atoms with van der Waals surface area (Å²) in [5.41, 5.74) is 2.14. The molecule has 1 amide bonds. The second-order valence-corrected chi connectivity index (χ2v) is 8.08. The summed E-state index contributed by atoms with van der Waals surface area (Å²) < 4.78 is 0. The molecule has 1 atom stereocenters.